The highest BCUT2D eigenvalue weighted by atomic mass is 16.4. The molecule has 6 N–H and O–H groups in total. The van der Waals surface area contributed by atoms with Crippen LogP contribution in [0.5, 0.6) is 0 Å². The maximum absolute atomic E-state index is 11.2. The standard InChI is InChI=1S/C20H42N4O2/c1-2-3-4-5-6-7-8-9-10-11-12-13-16-23-18(19(25)26)15-14-17-24-20(21)22/h18,23H,2-17H2,1H3,(H,25,26)(H4,21,22,24)/t18-/m0/s1. The van der Waals surface area contributed by atoms with Gasteiger partial charge in [-0.15, -0.1) is 0 Å². The molecule has 0 aromatic heterocycles. The van der Waals surface area contributed by atoms with Crippen LogP contribution in [0.25, 0.3) is 0 Å². The molecule has 1 atom stereocenters. The molecule has 0 aliphatic heterocycles. The average Bonchev–Trinajstić information content (AvgIpc) is 2.60. The van der Waals surface area contributed by atoms with Gasteiger partial charge >= 0.3 is 5.97 Å². The van der Waals surface area contributed by atoms with E-state index < -0.39 is 12.0 Å². The number of nitrogens with zero attached hydrogens (tertiary/aromatic N) is 1. The van der Waals surface area contributed by atoms with E-state index >= 15 is 0 Å². The molecule has 0 radical (unpaired) electrons. The van der Waals surface area contributed by atoms with Crippen LogP contribution in [-0.2, 0) is 4.79 Å². The summed E-state index contributed by atoms with van der Waals surface area (Å²) in [4.78, 5) is 15.1. The Morgan fingerprint density at radius 2 is 1.38 bits per heavy atom. The van der Waals surface area contributed by atoms with Crippen LogP contribution in [0.3, 0.4) is 0 Å². The first-order valence-corrected chi connectivity index (χ1v) is 10.6. The average molecular weight is 371 g/mol. The number of hydrogen-bond donors (Lipinski definition) is 4. The van der Waals surface area contributed by atoms with E-state index in [9.17, 15) is 9.90 Å². The van der Waals surface area contributed by atoms with Crippen LogP contribution in [-0.4, -0.2) is 36.2 Å². The number of nitrogens with two attached hydrogens (primary N) is 2. The summed E-state index contributed by atoms with van der Waals surface area (Å²) in [7, 11) is 0. The van der Waals surface area contributed by atoms with E-state index in [1.54, 1.807) is 0 Å². The van der Waals surface area contributed by atoms with Crippen molar-refractivity contribution in [1.82, 2.24) is 5.32 Å². The summed E-state index contributed by atoms with van der Waals surface area (Å²) in [5, 5.41) is 12.4. The number of carboxylic acid groups (broad SMARTS) is 1. The van der Waals surface area contributed by atoms with Gasteiger partial charge in [-0.05, 0) is 25.8 Å². The molecule has 6 heteroatoms. The van der Waals surface area contributed by atoms with Gasteiger partial charge in [-0.3, -0.25) is 9.79 Å². The predicted molar refractivity (Wildman–Crippen MR) is 110 cm³/mol. The van der Waals surface area contributed by atoms with Gasteiger partial charge in [0.15, 0.2) is 5.96 Å². The van der Waals surface area contributed by atoms with Gasteiger partial charge in [-0.1, -0.05) is 77.6 Å². The smallest absolute Gasteiger partial charge is 0.320 e. The quantitative estimate of drug-likeness (QED) is 0.157. The highest BCUT2D eigenvalue weighted by molar-refractivity contribution is 5.75. The number of aliphatic carboxylic acids is 1. The Kier molecular flexibility index (Phi) is 17.6. The number of nitrogens with one attached hydrogen (secondary N) is 1. The van der Waals surface area contributed by atoms with Crippen LogP contribution in [0.4, 0.5) is 0 Å². The van der Waals surface area contributed by atoms with E-state index in [0.29, 0.717) is 19.4 Å². The fourth-order valence-corrected chi connectivity index (χ4v) is 3.06. The Bertz CT molecular complexity index is 358. The number of carboxylic acids is 1. The van der Waals surface area contributed by atoms with E-state index in [1.165, 1.54) is 70.6 Å². The topological polar surface area (TPSA) is 114 Å². The second kappa shape index (κ2) is 18.5. The Morgan fingerprint density at radius 3 is 1.85 bits per heavy atom. The van der Waals surface area contributed by atoms with Crippen molar-refractivity contribution in [2.45, 2.75) is 103 Å². The van der Waals surface area contributed by atoms with Gasteiger partial charge in [0.05, 0.1) is 0 Å². The molecule has 6 nitrogen and oxygen atoms in total. The molecule has 154 valence electrons. The van der Waals surface area contributed by atoms with Gasteiger partial charge in [-0.25, -0.2) is 0 Å². The van der Waals surface area contributed by atoms with Crippen molar-refractivity contribution in [3.8, 4) is 0 Å². The van der Waals surface area contributed by atoms with Crippen molar-refractivity contribution in [3.63, 3.8) is 0 Å². The SMILES string of the molecule is CCCCCCCCCCCCCCN[C@@H](CCCN=C(N)N)C(=O)O. The minimum absolute atomic E-state index is 0.0568. The summed E-state index contributed by atoms with van der Waals surface area (Å²) in [6.45, 7) is 3.50. The Labute approximate surface area is 160 Å². The number of unbranched alkanes of at least 4 members (excludes halogenated alkanes) is 11. The molecule has 0 heterocycles. The lowest BCUT2D eigenvalue weighted by atomic mass is 10.1. The van der Waals surface area contributed by atoms with E-state index in [1.807, 2.05) is 0 Å². The fraction of sp³-hybridized carbons (Fsp3) is 0.900. The molecule has 26 heavy (non-hydrogen) atoms. The first-order chi connectivity index (χ1) is 12.6. The lowest BCUT2D eigenvalue weighted by molar-refractivity contribution is -0.139. The van der Waals surface area contributed by atoms with Crippen molar-refractivity contribution in [3.05, 3.63) is 0 Å². The second-order valence-corrected chi connectivity index (χ2v) is 7.18. The molecule has 0 saturated carbocycles. The van der Waals surface area contributed by atoms with E-state index in [2.05, 4.69) is 17.2 Å². The van der Waals surface area contributed by atoms with Crippen LogP contribution in [0, 0.1) is 0 Å². The van der Waals surface area contributed by atoms with Crippen molar-refractivity contribution in [2.24, 2.45) is 16.5 Å². The lowest BCUT2D eigenvalue weighted by Crippen LogP contribution is -2.37. The zero-order valence-corrected chi connectivity index (χ0v) is 16.8. The maximum Gasteiger partial charge on any atom is 0.320 e. The van der Waals surface area contributed by atoms with Crippen molar-refractivity contribution in [1.29, 1.82) is 0 Å². The summed E-state index contributed by atoms with van der Waals surface area (Å²) >= 11 is 0. The van der Waals surface area contributed by atoms with Crippen molar-refractivity contribution in [2.75, 3.05) is 13.1 Å². The van der Waals surface area contributed by atoms with Crippen molar-refractivity contribution < 1.29 is 9.90 Å². The van der Waals surface area contributed by atoms with Gasteiger partial charge in [0, 0.05) is 6.54 Å². The summed E-state index contributed by atoms with van der Waals surface area (Å²) in [6.07, 6.45) is 16.9. The molecule has 0 aliphatic rings. The molecule has 0 aromatic rings. The molecule has 0 amide bonds. The van der Waals surface area contributed by atoms with E-state index in [0.717, 1.165) is 13.0 Å². The number of aliphatic imine (C=N–C) groups is 1. The van der Waals surface area contributed by atoms with Crippen molar-refractivity contribution >= 4 is 11.9 Å². The van der Waals surface area contributed by atoms with Gasteiger partial charge < -0.3 is 21.9 Å². The molecule has 0 aliphatic carbocycles. The third-order valence-corrected chi connectivity index (χ3v) is 4.66. The lowest BCUT2D eigenvalue weighted by Gasteiger charge is -2.13. The normalized spacial score (nSPS) is 12.0. The van der Waals surface area contributed by atoms with Gasteiger partial charge in [0.2, 0.25) is 0 Å². The third-order valence-electron chi connectivity index (χ3n) is 4.66. The summed E-state index contributed by atoms with van der Waals surface area (Å²) in [6, 6.07) is -0.503. The predicted octanol–water partition coefficient (Wildman–Crippen LogP) is 3.78. The third kappa shape index (κ3) is 17.5. The van der Waals surface area contributed by atoms with Gasteiger partial charge in [0.1, 0.15) is 6.04 Å². The van der Waals surface area contributed by atoms with E-state index in [4.69, 9.17) is 11.5 Å². The first kappa shape index (κ1) is 24.7. The van der Waals surface area contributed by atoms with Crippen LogP contribution < -0.4 is 16.8 Å². The van der Waals surface area contributed by atoms with E-state index in [-0.39, 0.29) is 5.96 Å². The zero-order chi connectivity index (χ0) is 19.5. The Balaban J connectivity index is 3.45. The van der Waals surface area contributed by atoms with Crippen LogP contribution in [0.1, 0.15) is 96.8 Å². The highest BCUT2D eigenvalue weighted by Crippen LogP contribution is 2.11. The molecule has 0 bridgehead atoms. The minimum atomic E-state index is -0.798. The number of guanidine groups is 1. The molecule has 0 spiro atoms. The largest absolute Gasteiger partial charge is 0.480 e. The number of hydrogen-bond acceptors (Lipinski definition) is 3. The molecule has 0 rings (SSSR count). The molecule has 0 unspecified atom stereocenters. The molecule has 0 saturated heterocycles. The summed E-state index contributed by atoms with van der Waals surface area (Å²) in [5.74, 6) is -0.741. The fourth-order valence-electron chi connectivity index (χ4n) is 3.06. The molecule has 0 aromatic carbocycles. The van der Waals surface area contributed by atoms with Crippen LogP contribution >= 0.6 is 0 Å². The Hall–Kier alpha value is -1.30. The van der Waals surface area contributed by atoms with Crippen LogP contribution in [0.2, 0.25) is 0 Å². The highest BCUT2D eigenvalue weighted by Gasteiger charge is 2.15. The first-order valence-electron chi connectivity index (χ1n) is 10.6. The minimum Gasteiger partial charge on any atom is -0.480 e. The zero-order valence-electron chi connectivity index (χ0n) is 16.8. The van der Waals surface area contributed by atoms with Crippen LogP contribution in [0.15, 0.2) is 4.99 Å². The molecular formula is C20H42N4O2. The monoisotopic (exact) mass is 370 g/mol. The second-order valence-electron chi connectivity index (χ2n) is 7.18. The maximum atomic E-state index is 11.2. The molecule has 0 fully saturated rings. The molecular weight excluding hydrogens is 328 g/mol. The number of carbonyl (C=O) groups is 1. The van der Waals surface area contributed by atoms with Gasteiger partial charge in [0.25, 0.3) is 0 Å². The summed E-state index contributed by atoms with van der Waals surface area (Å²) in [5.41, 5.74) is 10.5. The Morgan fingerprint density at radius 1 is 0.885 bits per heavy atom. The summed E-state index contributed by atoms with van der Waals surface area (Å²) < 4.78 is 0. The number of rotatable bonds is 19. The van der Waals surface area contributed by atoms with Gasteiger partial charge in [-0.2, -0.15) is 0 Å².